The van der Waals surface area contributed by atoms with E-state index in [1.807, 2.05) is 55.5 Å². The number of hydrogen-bond acceptors (Lipinski definition) is 2. The number of urea groups is 1. The number of benzene rings is 2. The van der Waals surface area contributed by atoms with Crippen molar-refractivity contribution in [1.82, 2.24) is 10.6 Å². The zero-order valence-electron chi connectivity index (χ0n) is 13.0. The summed E-state index contributed by atoms with van der Waals surface area (Å²) in [4.78, 5) is 12.2. The third-order valence-electron chi connectivity index (χ3n) is 3.53. The summed E-state index contributed by atoms with van der Waals surface area (Å²) in [6.45, 7) is 1.89. The lowest BCUT2D eigenvalue weighted by atomic mass is 9.99. The molecule has 0 aliphatic rings. The van der Waals surface area contributed by atoms with Gasteiger partial charge in [-0.1, -0.05) is 54.1 Å². The average Bonchev–Trinajstić information content (AvgIpc) is 2.53. The molecule has 0 spiro atoms. The third-order valence-corrected chi connectivity index (χ3v) is 3.77. The van der Waals surface area contributed by atoms with Crippen LogP contribution in [-0.2, 0) is 0 Å². The van der Waals surface area contributed by atoms with Crippen molar-refractivity contribution in [3.8, 4) is 0 Å². The monoisotopic (exact) mass is 332 g/mol. The lowest BCUT2D eigenvalue weighted by Gasteiger charge is -2.22. The maximum atomic E-state index is 12.2. The van der Waals surface area contributed by atoms with Gasteiger partial charge in [0.1, 0.15) is 0 Å². The Labute approximate surface area is 141 Å². The van der Waals surface area contributed by atoms with Crippen molar-refractivity contribution in [1.29, 1.82) is 0 Å². The van der Waals surface area contributed by atoms with Crippen LogP contribution in [0.3, 0.4) is 0 Å². The number of halogens is 1. The summed E-state index contributed by atoms with van der Waals surface area (Å²) < 4.78 is 0. The highest BCUT2D eigenvalue weighted by molar-refractivity contribution is 6.30. The molecule has 0 aliphatic carbocycles. The molecule has 2 rings (SSSR count). The van der Waals surface area contributed by atoms with Crippen molar-refractivity contribution in [3.63, 3.8) is 0 Å². The Kier molecular flexibility index (Phi) is 6.44. The lowest BCUT2D eigenvalue weighted by molar-refractivity contribution is 0.229. The molecule has 2 atom stereocenters. The second-order valence-electron chi connectivity index (χ2n) is 5.43. The van der Waals surface area contributed by atoms with Crippen molar-refractivity contribution >= 4 is 17.6 Å². The van der Waals surface area contributed by atoms with Gasteiger partial charge in [0.15, 0.2) is 0 Å². The molecule has 122 valence electrons. The highest BCUT2D eigenvalue weighted by Crippen LogP contribution is 2.24. The first-order chi connectivity index (χ1) is 11.1. The number of rotatable bonds is 6. The van der Waals surface area contributed by atoms with E-state index < -0.39 is 0 Å². The lowest BCUT2D eigenvalue weighted by Crippen LogP contribution is -2.42. The first-order valence-corrected chi connectivity index (χ1v) is 7.96. The van der Waals surface area contributed by atoms with Gasteiger partial charge in [0.25, 0.3) is 0 Å². The Morgan fingerprint density at radius 3 is 2.43 bits per heavy atom. The van der Waals surface area contributed by atoms with Gasteiger partial charge in [-0.25, -0.2) is 4.79 Å². The van der Waals surface area contributed by atoms with E-state index in [1.54, 1.807) is 6.07 Å². The fourth-order valence-corrected chi connectivity index (χ4v) is 2.55. The molecule has 0 saturated heterocycles. The quantitative estimate of drug-likeness (QED) is 0.758. The van der Waals surface area contributed by atoms with Gasteiger partial charge in [-0.3, -0.25) is 0 Å². The summed E-state index contributed by atoms with van der Waals surface area (Å²) in [5, 5.41) is 15.4. The van der Waals surface area contributed by atoms with Gasteiger partial charge in [-0.15, -0.1) is 0 Å². The second-order valence-corrected chi connectivity index (χ2v) is 5.87. The summed E-state index contributed by atoms with van der Waals surface area (Å²) >= 11 is 6.08. The Bertz CT molecular complexity index is 634. The molecule has 0 saturated carbocycles. The molecule has 1 unspecified atom stereocenters. The van der Waals surface area contributed by atoms with Gasteiger partial charge in [-0.2, -0.15) is 0 Å². The number of amides is 2. The molecule has 0 aliphatic heterocycles. The molecular weight excluding hydrogens is 312 g/mol. The minimum Gasteiger partial charge on any atom is -0.396 e. The molecule has 3 N–H and O–H groups in total. The van der Waals surface area contributed by atoms with Crippen LogP contribution in [0.15, 0.2) is 54.6 Å². The number of carbonyl (C=O) groups is 1. The normalized spacial score (nSPS) is 13.2. The summed E-state index contributed by atoms with van der Waals surface area (Å²) in [5.74, 6) is 0. The predicted octanol–water partition coefficient (Wildman–Crippen LogP) is 3.50. The SMILES string of the molecule is C[C@H](CCO)NC(=O)NC(c1ccccc1)c1cccc(Cl)c1. The van der Waals surface area contributed by atoms with E-state index in [2.05, 4.69) is 10.6 Å². The van der Waals surface area contributed by atoms with Gasteiger partial charge in [0.05, 0.1) is 6.04 Å². The average molecular weight is 333 g/mol. The molecule has 0 aromatic heterocycles. The van der Waals surface area contributed by atoms with E-state index in [0.29, 0.717) is 11.4 Å². The summed E-state index contributed by atoms with van der Waals surface area (Å²) in [6, 6.07) is 16.5. The molecule has 5 heteroatoms. The van der Waals surface area contributed by atoms with Crippen LogP contribution < -0.4 is 10.6 Å². The van der Waals surface area contributed by atoms with Crippen LogP contribution in [-0.4, -0.2) is 23.8 Å². The third kappa shape index (κ3) is 5.27. The van der Waals surface area contributed by atoms with Crippen molar-refractivity contribution < 1.29 is 9.90 Å². The van der Waals surface area contributed by atoms with Gasteiger partial charge in [-0.05, 0) is 36.6 Å². The molecular formula is C18H21ClN2O2. The first-order valence-electron chi connectivity index (χ1n) is 7.58. The zero-order valence-corrected chi connectivity index (χ0v) is 13.8. The summed E-state index contributed by atoms with van der Waals surface area (Å²) in [5.41, 5.74) is 1.88. The molecule has 2 aromatic carbocycles. The van der Waals surface area contributed by atoms with Gasteiger partial charge < -0.3 is 15.7 Å². The first kappa shape index (κ1) is 17.3. The number of aliphatic hydroxyl groups is 1. The number of carbonyl (C=O) groups excluding carboxylic acids is 1. The van der Waals surface area contributed by atoms with Crippen LogP contribution in [0.2, 0.25) is 5.02 Å². The van der Waals surface area contributed by atoms with Crippen molar-refractivity contribution in [3.05, 3.63) is 70.7 Å². The number of hydrogen-bond donors (Lipinski definition) is 3. The molecule has 4 nitrogen and oxygen atoms in total. The Morgan fingerprint density at radius 1 is 1.09 bits per heavy atom. The van der Waals surface area contributed by atoms with E-state index in [-0.39, 0.29) is 24.7 Å². The standard InChI is InChI=1S/C18H21ClN2O2/c1-13(10-11-22)20-18(23)21-17(14-6-3-2-4-7-14)15-8-5-9-16(19)12-15/h2-9,12-13,17,22H,10-11H2,1H3,(H2,20,21,23)/t13-,17?/m1/s1. The molecule has 0 heterocycles. The van der Waals surface area contributed by atoms with Crippen LogP contribution >= 0.6 is 11.6 Å². The Hall–Kier alpha value is -2.04. The molecule has 2 aromatic rings. The number of aliphatic hydroxyl groups excluding tert-OH is 1. The molecule has 0 radical (unpaired) electrons. The van der Waals surface area contributed by atoms with Crippen LogP contribution in [0.1, 0.15) is 30.5 Å². The number of nitrogens with one attached hydrogen (secondary N) is 2. The molecule has 0 fully saturated rings. The van der Waals surface area contributed by atoms with Gasteiger partial charge in [0.2, 0.25) is 0 Å². The van der Waals surface area contributed by atoms with Crippen LogP contribution in [0.5, 0.6) is 0 Å². The van der Waals surface area contributed by atoms with E-state index in [1.165, 1.54) is 0 Å². The highest BCUT2D eigenvalue weighted by atomic mass is 35.5. The molecule has 23 heavy (non-hydrogen) atoms. The maximum Gasteiger partial charge on any atom is 0.315 e. The van der Waals surface area contributed by atoms with E-state index in [9.17, 15) is 4.79 Å². The van der Waals surface area contributed by atoms with Gasteiger partial charge >= 0.3 is 6.03 Å². The van der Waals surface area contributed by atoms with E-state index in [4.69, 9.17) is 16.7 Å². The van der Waals surface area contributed by atoms with Crippen molar-refractivity contribution in [2.75, 3.05) is 6.61 Å². The van der Waals surface area contributed by atoms with E-state index in [0.717, 1.165) is 11.1 Å². The fraction of sp³-hybridized carbons (Fsp3) is 0.278. The van der Waals surface area contributed by atoms with Crippen LogP contribution in [0.4, 0.5) is 4.79 Å². The molecule has 2 amide bonds. The van der Waals surface area contributed by atoms with Crippen molar-refractivity contribution in [2.45, 2.75) is 25.4 Å². The predicted molar refractivity (Wildman–Crippen MR) is 92.6 cm³/mol. The minimum atomic E-state index is -0.295. The Morgan fingerprint density at radius 2 is 1.78 bits per heavy atom. The van der Waals surface area contributed by atoms with Crippen LogP contribution in [0, 0.1) is 0 Å². The summed E-state index contributed by atoms with van der Waals surface area (Å²) in [7, 11) is 0. The smallest absolute Gasteiger partial charge is 0.315 e. The van der Waals surface area contributed by atoms with Crippen LogP contribution in [0.25, 0.3) is 0 Å². The largest absolute Gasteiger partial charge is 0.396 e. The van der Waals surface area contributed by atoms with Crippen molar-refractivity contribution in [2.24, 2.45) is 0 Å². The molecule has 0 bridgehead atoms. The maximum absolute atomic E-state index is 12.2. The topological polar surface area (TPSA) is 61.4 Å². The minimum absolute atomic E-state index is 0.0395. The second kappa shape index (κ2) is 8.56. The highest BCUT2D eigenvalue weighted by Gasteiger charge is 2.17. The Balaban J connectivity index is 2.19. The zero-order chi connectivity index (χ0) is 16.7. The van der Waals surface area contributed by atoms with E-state index >= 15 is 0 Å². The summed E-state index contributed by atoms with van der Waals surface area (Å²) in [6.07, 6.45) is 0.514. The fourth-order valence-electron chi connectivity index (χ4n) is 2.35. The van der Waals surface area contributed by atoms with Gasteiger partial charge in [0, 0.05) is 17.7 Å².